The van der Waals surface area contributed by atoms with Gasteiger partial charge in [0.25, 0.3) is 0 Å². The maximum Gasteiger partial charge on any atom is 0.160 e. The number of para-hydroxylation sites is 2. The first-order valence-electron chi connectivity index (χ1n) is 30.2. The second-order valence-corrected chi connectivity index (χ2v) is 24.1. The summed E-state index contributed by atoms with van der Waals surface area (Å²) in [6.07, 6.45) is 0. The summed E-state index contributed by atoms with van der Waals surface area (Å²) in [6, 6.07) is 114. The number of benzene rings is 13. The molecule has 0 atom stereocenters. The molecule has 5 heteroatoms. The Kier molecular flexibility index (Phi) is 11.5. The van der Waals surface area contributed by atoms with Gasteiger partial charge in [-0.05, 0) is 110 Å². The Hall–Kier alpha value is -11.2. The molecule has 88 heavy (non-hydrogen) atoms. The fourth-order valence-electron chi connectivity index (χ4n) is 14.4. The van der Waals surface area contributed by atoms with E-state index in [9.17, 15) is 0 Å². The van der Waals surface area contributed by atoms with Gasteiger partial charge in [-0.3, -0.25) is 0 Å². The Labute approximate surface area is 512 Å². The van der Waals surface area contributed by atoms with Crippen molar-refractivity contribution in [1.82, 2.24) is 19.1 Å². The molecule has 0 fully saturated rings. The van der Waals surface area contributed by atoms with Gasteiger partial charge in [0.2, 0.25) is 0 Å². The van der Waals surface area contributed by atoms with Crippen molar-refractivity contribution in [3.8, 4) is 89.7 Å². The number of hydrogen-bond donors (Lipinski definition) is 0. The van der Waals surface area contributed by atoms with Gasteiger partial charge in [-0.15, -0.1) is 11.3 Å². The van der Waals surface area contributed by atoms with Gasteiger partial charge < -0.3 is 9.13 Å². The van der Waals surface area contributed by atoms with Crippen molar-refractivity contribution in [2.24, 2.45) is 0 Å². The van der Waals surface area contributed by atoms with Crippen molar-refractivity contribution in [2.75, 3.05) is 0 Å². The molecular formula is C83H52N4S. The van der Waals surface area contributed by atoms with E-state index in [4.69, 9.17) is 9.97 Å². The molecule has 17 aromatic rings. The first kappa shape index (κ1) is 50.1. The van der Waals surface area contributed by atoms with Crippen molar-refractivity contribution < 1.29 is 0 Å². The molecule has 0 saturated carbocycles. The molecule has 0 bridgehead atoms. The molecular weight excluding hydrogens is 1090 g/mol. The molecule has 18 rings (SSSR count). The van der Waals surface area contributed by atoms with Crippen molar-refractivity contribution in [3.63, 3.8) is 0 Å². The van der Waals surface area contributed by atoms with Gasteiger partial charge in [0, 0.05) is 65.4 Å². The minimum Gasteiger partial charge on any atom is -0.309 e. The molecule has 4 aromatic heterocycles. The topological polar surface area (TPSA) is 35.6 Å². The molecule has 13 aromatic carbocycles. The quantitative estimate of drug-likeness (QED) is 0.144. The van der Waals surface area contributed by atoms with Crippen LogP contribution in [0.25, 0.3) is 154 Å². The van der Waals surface area contributed by atoms with Crippen LogP contribution in [0.5, 0.6) is 0 Å². The average Bonchev–Trinajstić information content (AvgIpc) is 2.78. The maximum absolute atomic E-state index is 5.65. The van der Waals surface area contributed by atoms with Crippen LogP contribution in [0.1, 0.15) is 22.6 Å². The van der Waals surface area contributed by atoms with Gasteiger partial charge in [-0.2, -0.15) is 0 Å². The Morgan fingerprint density at radius 2 is 0.727 bits per heavy atom. The van der Waals surface area contributed by atoms with E-state index in [1.807, 2.05) is 0 Å². The van der Waals surface area contributed by atoms with E-state index in [-0.39, 0.29) is 5.92 Å². The maximum atomic E-state index is 5.65. The SMILES string of the molecule is c1ccc(-c2nc(-c3cc(-c4ccccc4)c(-n4c5cc(C6c7ccccc7-c7ccccc76)c(-c6ccccc6)cc5c5cc(-c6ccccc6)c(-n6c7ccccc7c7ccccc76)cc54)c(-c4ccccc4)c3)c3sc4ccccc4c3n2)cc1. The molecule has 1 aliphatic carbocycles. The molecule has 0 unspecified atom stereocenters. The smallest absolute Gasteiger partial charge is 0.160 e. The summed E-state index contributed by atoms with van der Waals surface area (Å²) in [4.78, 5) is 11.0. The number of thiophene rings is 1. The lowest BCUT2D eigenvalue weighted by atomic mass is 9.83. The highest BCUT2D eigenvalue weighted by Crippen LogP contribution is 2.54. The van der Waals surface area contributed by atoms with Crippen molar-refractivity contribution >= 4 is 75.3 Å². The fraction of sp³-hybridized carbons (Fsp3) is 0.0120. The molecule has 0 spiro atoms. The third kappa shape index (κ3) is 7.84. The molecule has 1 aliphatic rings. The van der Waals surface area contributed by atoms with Gasteiger partial charge in [-0.1, -0.05) is 255 Å². The van der Waals surface area contributed by atoms with Crippen LogP contribution in [-0.2, 0) is 0 Å². The number of rotatable bonds is 9. The first-order valence-corrected chi connectivity index (χ1v) is 31.0. The third-order valence-electron chi connectivity index (χ3n) is 18.2. The highest BCUT2D eigenvalue weighted by atomic mass is 32.1. The predicted octanol–water partition coefficient (Wildman–Crippen LogP) is 22.2. The van der Waals surface area contributed by atoms with Crippen LogP contribution in [-0.4, -0.2) is 19.1 Å². The predicted molar refractivity (Wildman–Crippen MR) is 369 cm³/mol. The minimum absolute atomic E-state index is 0.0450. The number of nitrogens with zero attached hydrogens (tertiary/aromatic N) is 4. The summed E-state index contributed by atoms with van der Waals surface area (Å²) < 4.78 is 7.39. The van der Waals surface area contributed by atoms with Crippen LogP contribution in [0.4, 0.5) is 0 Å². The van der Waals surface area contributed by atoms with Gasteiger partial charge >= 0.3 is 0 Å². The van der Waals surface area contributed by atoms with Crippen LogP contribution in [0, 0.1) is 0 Å². The largest absolute Gasteiger partial charge is 0.309 e. The second kappa shape index (κ2) is 20.2. The third-order valence-corrected chi connectivity index (χ3v) is 19.4. The zero-order chi connectivity index (χ0) is 57.8. The van der Waals surface area contributed by atoms with E-state index < -0.39 is 0 Å². The van der Waals surface area contributed by atoms with Gasteiger partial charge in [0.05, 0.1) is 49.4 Å². The highest BCUT2D eigenvalue weighted by Gasteiger charge is 2.34. The van der Waals surface area contributed by atoms with Crippen LogP contribution >= 0.6 is 11.3 Å². The normalized spacial score (nSPS) is 12.3. The highest BCUT2D eigenvalue weighted by molar-refractivity contribution is 7.26. The summed E-state index contributed by atoms with van der Waals surface area (Å²) in [6.45, 7) is 0. The van der Waals surface area contributed by atoms with Gasteiger partial charge in [-0.25, -0.2) is 9.97 Å². The summed E-state index contributed by atoms with van der Waals surface area (Å²) in [5.74, 6) is 0.653. The minimum atomic E-state index is -0.0450. The standard InChI is InChI=1S/C83H52N4S/c1-6-26-52(27-7-1)65-48-69-70-49-66(53-28-8-2-9-29-53)75(86-72-43-23-20-38-60(72)61-39-21-24-44-73(61)86)51-76(70)87(74(69)50-71(65)78-62-40-18-16-36-58(62)59-37-17-19-41-63(59)78)81-67(54-30-10-3-11-31-54)46-57(47-68(81)55-32-12-4-13-33-55)79-82-80(64-42-22-25-45-77(64)88-82)85-83(84-79)56-34-14-5-15-35-56/h1-51,78H. The summed E-state index contributed by atoms with van der Waals surface area (Å²) in [7, 11) is 0. The van der Waals surface area contributed by atoms with Gasteiger partial charge in [0.15, 0.2) is 5.82 Å². The molecule has 0 radical (unpaired) electrons. The van der Waals surface area contributed by atoms with Crippen LogP contribution in [0.15, 0.2) is 309 Å². The van der Waals surface area contributed by atoms with Crippen molar-refractivity contribution in [1.29, 1.82) is 0 Å². The van der Waals surface area contributed by atoms with E-state index >= 15 is 0 Å². The van der Waals surface area contributed by atoms with Crippen LogP contribution in [0.2, 0.25) is 0 Å². The van der Waals surface area contributed by atoms with Crippen molar-refractivity contribution in [2.45, 2.75) is 5.92 Å². The molecule has 410 valence electrons. The number of fused-ring (bicyclic) bond motifs is 12. The van der Waals surface area contributed by atoms with Crippen LogP contribution < -0.4 is 0 Å². The zero-order valence-electron chi connectivity index (χ0n) is 47.7. The molecule has 0 amide bonds. The molecule has 0 saturated heterocycles. The lowest BCUT2D eigenvalue weighted by Gasteiger charge is -2.23. The Balaban J connectivity index is 1.04. The Bertz CT molecular complexity index is 5450. The Morgan fingerprint density at radius 3 is 1.30 bits per heavy atom. The van der Waals surface area contributed by atoms with E-state index in [1.165, 1.54) is 59.8 Å². The van der Waals surface area contributed by atoms with E-state index in [0.29, 0.717) is 5.82 Å². The van der Waals surface area contributed by atoms with Crippen molar-refractivity contribution in [3.05, 3.63) is 326 Å². The summed E-state index contributed by atoms with van der Waals surface area (Å²) in [5, 5.41) is 5.89. The monoisotopic (exact) mass is 1140 g/mol. The van der Waals surface area contributed by atoms with Gasteiger partial charge in [0.1, 0.15) is 0 Å². The lowest BCUT2D eigenvalue weighted by molar-refractivity contribution is 1.02. The second-order valence-electron chi connectivity index (χ2n) is 23.1. The molecule has 0 aliphatic heterocycles. The van der Waals surface area contributed by atoms with E-state index in [2.05, 4.69) is 319 Å². The summed E-state index contributed by atoms with van der Waals surface area (Å²) >= 11 is 1.77. The Morgan fingerprint density at radius 1 is 0.284 bits per heavy atom. The number of hydrogen-bond acceptors (Lipinski definition) is 3. The lowest BCUT2D eigenvalue weighted by Crippen LogP contribution is -2.05. The molecule has 4 heterocycles. The molecule has 0 N–H and O–H groups in total. The first-order chi connectivity index (χ1) is 43.7. The van der Waals surface area contributed by atoms with E-state index in [0.717, 1.165) is 105 Å². The fourth-order valence-corrected chi connectivity index (χ4v) is 15.5. The zero-order valence-corrected chi connectivity index (χ0v) is 48.5. The summed E-state index contributed by atoms with van der Waals surface area (Å²) in [5.41, 5.74) is 26.1. The van der Waals surface area contributed by atoms with Crippen LogP contribution in [0.3, 0.4) is 0 Å². The average molecular weight is 1140 g/mol. The van der Waals surface area contributed by atoms with E-state index in [1.54, 1.807) is 11.3 Å². The number of aromatic nitrogens is 4. The molecule has 4 nitrogen and oxygen atoms in total.